The lowest BCUT2D eigenvalue weighted by atomic mass is 9.43. The van der Waals surface area contributed by atoms with E-state index in [1.165, 1.54) is 12.7 Å². The van der Waals surface area contributed by atoms with E-state index < -0.39 is 16.9 Å². The van der Waals surface area contributed by atoms with Crippen molar-refractivity contribution in [2.45, 2.75) is 51.2 Å². The highest BCUT2D eigenvalue weighted by molar-refractivity contribution is 5.96. The number of piperidine rings is 1. The minimum Gasteiger partial charge on any atom is -0.469 e. The normalized spacial score (nSPS) is 52.6. The van der Waals surface area contributed by atoms with Crippen LogP contribution in [0.5, 0.6) is 0 Å². The molecule has 2 aliphatic heterocycles. The summed E-state index contributed by atoms with van der Waals surface area (Å²) >= 11 is 0. The number of rotatable bonds is 2. The van der Waals surface area contributed by atoms with Gasteiger partial charge in [-0.1, -0.05) is 18.1 Å². The third-order valence-corrected chi connectivity index (χ3v) is 10.0. The summed E-state index contributed by atoms with van der Waals surface area (Å²) in [4.78, 5) is 29.5. The number of aliphatic hydroxyl groups excluding tert-OH is 2. The quantitative estimate of drug-likeness (QED) is 0.533. The van der Waals surface area contributed by atoms with Crippen molar-refractivity contribution in [2.24, 2.45) is 40.4 Å². The molecule has 158 valence electrons. The minimum absolute atomic E-state index is 0.0297. The first-order valence-electron chi connectivity index (χ1n) is 11.3. The van der Waals surface area contributed by atoms with Crippen LogP contribution >= 0.6 is 0 Å². The Labute approximate surface area is 171 Å². The van der Waals surface area contributed by atoms with Crippen molar-refractivity contribution >= 4 is 11.8 Å². The summed E-state index contributed by atoms with van der Waals surface area (Å²) in [6.45, 7) is 3.61. The molecular formula is C23H31NO5. The van der Waals surface area contributed by atoms with E-state index in [9.17, 15) is 19.8 Å². The number of carbonyl (C=O) groups excluding carboxylic acids is 2. The summed E-state index contributed by atoms with van der Waals surface area (Å²) in [7, 11) is 1.42. The Balaban J connectivity index is 1.65. The first kappa shape index (κ1) is 18.5. The van der Waals surface area contributed by atoms with Gasteiger partial charge in [-0.05, 0) is 49.9 Å². The third-order valence-electron chi connectivity index (χ3n) is 10.0. The second-order valence-electron chi connectivity index (χ2n) is 10.6. The second-order valence-corrected chi connectivity index (χ2v) is 10.6. The van der Waals surface area contributed by atoms with Crippen LogP contribution in [0.3, 0.4) is 0 Å². The molecule has 0 amide bonds. The molecule has 4 aliphatic carbocycles. The Hall–Kier alpha value is -1.24. The van der Waals surface area contributed by atoms with Gasteiger partial charge in [-0.3, -0.25) is 14.5 Å². The number of hydrogen-bond acceptors (Lipinski definition) is 6. The van der Waals surface area contributed by atoms with E-state index in [2.05, 4.69) is 11.8 Å². The van der Waals surface area contributed by atoms with Gasteiger partial charge in [0, 0.05) is 30.5 Å². The fourth-order valence-corrected chi connectivity index (χ4v) is 9.14. The molecule has 0 aromatic rings. The van der Waals surface area contributed by atoms with Crippen LogP contribution in [0.2, 0.25) is 0 Å². The number of esters is 1. The van der Waals surface area contributed by atoms with Gasteiger partial charge >= 0.3 is 5.97 Å². The highest BCUT2D eigenvalue weighted by Crippen LogP contribution is 2.74. The van der Waals surface area contributed by atoms with Gasteiger partial charge in [-0.2, -0.15) is 0 Å². The lowest BCUT2D eigenvalue weighted by Gasteiger charge is -2.64. The minimum atomic E-state index is -0.899. The molecule has 2 saturated carbocycles. The van der Waals surface area contributed by atoms with Gasteiger partial charge in [0.25, 0.3) is 0 Å². The van der Waals surface area contributed by atoms with Crippen molar-refractivity contribution < 1.29 is 24.5 Å². The van der Waals surface area contributed by atoms with E-state index in [0.29, 0.717) is 6.42 Å². The van der Waals surface area contributed by atoms with Crippen LogP contribution in [0.1, 0.15) is 39.0 Å². The van der Waals surface area contributed by atoms with Gasteiger partial charge in [0.05, 0.1) is 31.2 Å². The van der Waals surface area contributed by atoms with E-state index in [0.717, 1.165) is 44.3 Å². The SMILES string of the molecule is COC(=O)C1CC23C(=O)C4C(C)CN5CC(CCC6=C2C1CC6)C3(CO)C(O)C45. The molecule has 6 nitrogen and oxygen atoms in total. The summed E-state index contributed by atoms with van der Waals surface area (Å²) in [5, 5.41) is 22.7. The average molecular weight is 402 g/mol. The fourth-order valence-electron chi connectivity index (χ4n) is 9.14. The van der Waals surface area contributed by atoms with Crippen molar-refractivity contribution in [1.82, 2.24) is 4.90 Å². The van der Waals surface area contributed by atoms with Crippen LogP contribution in [-0.4, -0.2) is 65.8 Å². The molecule has 6 heteroatoms. The molecule has 1 spiro atoms. The molecule has 2 bridgehead atoms. The number of ketones is 1. The monoisotopic (exact) mass is 401 g/mol. The summed E-state index contributed by atoms with van der Waals surface area (Å²) in [5.41, 5.74) is 0.707. The Kier molecular flexibility index (Phi) is 3.65. The Morgan fingerprint density at radius 1 is 1.28 bits per heavy atom. The number of hydrogen-bond donors (Lipinski definition) is 2. The summed E-state index contributed by atoms with van der Waals surface area (Å²) in [5.74, 6) is -0.299. The molecule has 2 heterocycles. The molecular weight excluding hydrogens is 370 g/mol. The lowest BCUT2D eigenvalue weighted by Crippen LogP contribution is -2.75. The van der Waals surface area contributed by atoms with Crippen LogP contribution in [0.15, 0.2) is 11.1 Å². The van der Waals surface area contributed by atoms with Crippen LogP contribution in [0.4, 0.5) is 0 Å². The molecule has 6 rings (SSSR count). The smallest absolute Gasteiger partial charge is 0.309 e. The van der Waals surface area contributed by atoms with Crippen LogP contribution < -0.4 is 0 Å². The second kappa shape index (κ2) is 5.71. The zero-order chi connectivity index (χ0) is 20.3. The average Bonchev–Trinajstić information content (AvgIpc) is 3.34. The summed E-state index contributed by atoms with van der Waals surface area (Å²) < 4.78 is 5.17. The number of carbonyl (C=O) groups is 2. The molecule has 2 saturated heterocycles. The molecule has 4 fully saturated rings. The van der Waals surface area contributed by atoms with Crippen molar-refractivity contribution in [3.63, 3.8) is 0 Å². The van der Waals surface area contributed by atoms with Crippen molar-refractivity contribution in [1.29, 1.82) is 0 Å². The summed E-state index contributed by atoms with van der Waals surface area (Å²) in [6, 6.07) is -0.189. The van der Waals surface area contributed by atoms with E-state index in [1.807, 2.05) is 0 Å². The fraction of sp³-hybridized carbons (Fsp3) is 0.826. The first-order valence-corrected chi connectivity index (χ1v) is 11.3. The maximum Gasteiger partial charge on any atom is 0.309 e. The zero-order valence-electron chi connectivity index (χ0n) is 17.3. The standard InChI is InChI=1S/C23H31NO5/c1-11-8-24-9-13-5-3-12-4-6-14-15(21(28)29-2)7-22(17(12)14)19(26)16(11)18(24)20(27)23(13,22)10-25/h11,13-16,18,20,25,27H,3-10H2,1-2H3. The van der Waals surface area contributed by atoms with Gasteiger partial charge in [0.15, 0.2) is 0 Å². The van der Waals surface area contributed by atoms with Gasteiger partial charge < -0.3 is 14.9 Å². The molecule has 9 unspecified atom stereocenters. The highest BCUT2D eigenvalue weighted by atomic mass is 16.5. The van der Waals surface area contributed by atoms with E-state index in [-0.39, 0.29) is 54.0 Å². The predicted octanol–water partition coefficient (Wildman–Crippen LogP) is 1.15. The van der Waals surface area contributed by atoms with E-state index in [1.54, 1.807) is 0 Å². The largest absolute Gasteiger partial charge is 0.469 e. The maximum atomic E-state index is 14.4. The van der Waals surface area contributed by atoms with Crippen molar-refractivity contribution in [3.05, 3.63) is 11.1 Å². The van der Waals surface area contributed by atoms with Gasteiger partial charge in [0.1, 0.15) is 5.78 Å². The molecule has 9 atom stereocenters. The zero-order valence-corrected chi connectivity index (χ0v) is 17.3. The number of aliphatic hydroxyl groups is 2. The van der Waals surface area contributed by atoms with Crippen LogP contribution in [0.25, 0.3) is 0 Å². The molecule has 2 N–H and O–H groups in total. The highest BCUT2D eigenvalue weighted by Gasteiger charge is 2.79. The van der Waals surface area contributed by atoms with Crippen LogP contribution in [0, 0.1) is 40.4 Å². The molecule has 0 radical (unpaired) electrons. The van der Waals surface area contributed by atoms with E-state index in [4.69, 9.17) is 4.74 Å². The van der Waals surface area contributed by atoms with Gasteiger partial charge in [-0.25, -0.2) is 0 Å². The number of allylic oxidation sites excluding steroid dienone is 2. The topological polar surface area (TPSA) is 87.1 Å². The Morgan fingerprint density at radius 3 is 2.76 bits per heavy atom. The van der Waals surface area contributed by atoms with E-state index >= 15 is 0 Å². The number of Topliss-reactive ketones (excluding diaryl/α,β-unsaturated/α-hetero) is 1. The van der Waals surface area contributed by atoms with Crippen molar-refractivity contribution in [3.8, 4) is 0 Å². The Morgan fingerprint density at radius 2 is 2.03 bits per heavy atom. The van der Waals surface area contributed by atoms with Gasteiger partial charge in [-0.15, -0.1) is 0 Å². The molecule has 29 heavy (non-hydrogen) atoms. The number of nitrogens with zero attached hydrogens (tertiary/aromatic N) is 1. The molecule has 0 aromatic carbocycles. The third kappa shape index (κ3) is 1.79. The number of ether oxygens (including phenoxy) is 1. The van der Waals surface area contributed by atoms with Crippen molar-refractivity contribution in [2.75, 3.05) is 26.8 Å². The maximum absolute atomic E-state index is 14.4. The predicted molar refractivity (Wildman–Crippen MR) is 104 cm³/mol. The molecule has 6 aliphatic rings. The first-order chi connectivity index (χ1) is 13.9. The van der Waals surface area contributed by atoms with Crippen LogP contribution in [-0.2, 0) is 14.3 Å². The Bertz CT molecular complexity index is 837. The lowest BCUT2D eigenvalue weighted by molar-refractivity contribution is -0.217. The molecule has 0 aromatic heterocycles. The number of methoxy groups -OCH3 is 1. The summed E-state index contributed by atoms with van der Waals surface area (Å²) in [6.07, 6.45) is 3.32. The van der Waals surface area contributed by atoms with Gasteiger partial charge in [0.2, 0.25) is 0 Å².